The first-order valence-electron chi connectivity index (χ1n) is 10.9. The van der Waals surface area contributed by atoms with E-state index in [0.29, 0.717) is 39.0 Å². The van der Waals surface area contributed by atoms with Gasteiger partial charge in [-0.1, -0.05) is 30.3 Å². The highest BCUT2D eigenvalue weighted by atomic mass is 16.2. The molecule has 1 N–H and O–H groups in total. The molecule has 8 heteroatoms. The Labute approximate surface area is 186 Å². The summed E-state index contributed by atoms with van der Waals surface area (Å²) in [5.74, 6) is -0.389. The van der Waals surface area contributed by atoms with E-state index in [9.17, 15) is 14.4 Å². The van der Waals surface area contributed by atoms with Gasteiger partial charge in [-0.3, -0.25) is 19.1 Å². The van der Waals surface area contributed by atoms with E-state index in [4.69, 9.17) is 0 Å². The number of fused-ring (bicyclic) bond motifs is 1. The molecule has 166 valence electrons. The van der Waals surface area contributed by atoms with Gasteiger partial charge < -0.3 is 14.8 Å². The lowest BCUT2D eigenvalue weighted by molar-refractivity contribution is -0.133. The van der Waals surface area contributed by atoms with Crippen molar-refractivity contribution in [3.63, 3.8) is 0 Å². The van der Waals surface area contributed by atoms with Gasteiger partial charge in [0.05, 0.1) is 0 Å². The van der Waals surface area contributed by atoms with Gasteiger partial charge in [-0.2, -0.15) is 5.10 Å². The van der Waals surface area contributed by atoms with Crippen LogP contribution >= 0.6 is 0 Å². The fourth-order valence-corrected chi connectivity index (χ4v) is 4.10. The molecule has 3 heterocycles. The Morgan fingerprint density at radius 1 is 1.16 bits per heavy atom. The average Bonchev–Trinajstić information content (AvgIpc) is 3.31. The molecule has 0 unspecified atom stereocenters. The van der Waals surface area contributed by atoms with Crippen molar-refractivity contribution < 1.29 is 9.59 Å². The van der Waals surface area contributed by atoms with Gasteiger partial charge in [0.2, 0.25) is 5.91 Å². The third-order valence-electron chi connectivity index (χ3n) is 5.73. The molecular weight excluding hydrogens is 406 g/mol. The Kier molecular flexibility index (Phi) is 6.49. The van der Waals surface area contributed by atoms with Crippen LogP contribution in [-0.4, -0.2) is 44.2 Å². The number of nitrogens with one attached hydrogen (secondary N) is 1. The number of pyridine rings is 1. The van der Waals surface area contributed by atoms with Crippen LogP contribution in [0.25, 0.3) is 0 Å². The number of rotatable bonds is 7. The average molecular weight is 434 g/mol. The van der Waals surface area contributed by atoms with Crippen molar-refractivity contribution in [1.82, 2.24) is 24.6 Å². The third kappa shape index (κ3) is 4.64. The number of nitrogens with zero attached hydrogens (tertiary/aromatic N) is 4. The topological polar surface area (TPSA) is 89.2 Å². The molecule has 4 rings (SSSR count). The molecule has 0 bridgehead atoms. The van der Waals surface area contributed by atoms with Crippen molar-refractivity contribution in [1.29, 1.82) is 0 Å². The predicted molar refractivity (Wildman–Crippen MR) is 120 cm³/mol. The summed E-state index contributed by atoms with van der Waals surface area (Å²) < 4.78 is 3.20. The summed E-state index contributed by atoms with van der Waals surface area (Å²) in [4.78, 5) is 40.5. The van der Waals surface area contributed by atoms with Crippen LogP contribution in [0.4, 0.5) is 0 Å². The molecule has 0 spiro atoms. The molecule has 0 saturated heterocycles. The van der Waals surface area contributed by atoms with Crippen molar-refractivity contribution in [2.24, 2.45) is 0 Å². The van der Waals surface area contributed by atoms with Crippen LogP contribution in [0.2, 0.25) is 0 Å². The smallest absolute Gasteiger partial charge is 0.263 e. The van der Waals surface area contributed by atoms with E-state index in [2.05, 4.69) is 10.4 Å². The normalized spacial score (nSPS) is 13.0. The Morgan fingerprint density at radius 3 is 2.69 bits per heavy atom. The van der Waals surface area contributed by atoms with Gasteiger partial charge in [0.15, 0.2) is 0 Å². The summed E-state index contributed by atoms with van der Waals surface area (Å²) >= 11 is 0. The summed E-state index contributed by atoms with van der Waals surface area (Å²) in [5, 5.41) is 6.88. The van der Waals surface area contributed by atoms with Gasteiger partial charge in [-0.25, -0.2) is 0 Å². The number of hydrogen-bond donors (Lipinski definition) is 1. The van der Waals surface area contributed by atoms with Gasteiger partial charge in [0.1, 0.15) is 12.1 Å². The second-order valence-corrected chi connectivity index (χ2v) is 7.87. The molecule has 2 aromatic heterocycles. The van der Waals surface area contributed by atoms with Gasteiger partial charge in [0.25, 0.3) is 11.5 Å². The lowest BCUT2D eigenvalue weighted by atomic mass is 9.95. The number of aromatic nitrogens is 3. The van der Waals surface area contributed by atoms with Crippen LogP contribution in [0.5, 0.6) is 0 Å². The summed E-state index contributed by atoms with van der Waals surface area (Å²) in [6, 6.07) is 11.7. The number of carbonyl (C=O) groups excluding carboxylic acids is 2. The van der Waals surface area contributed by atoms with Gasteiger partial charge >= 0.3 is 0 Å². The summed E-state index contributed by atoms with van der Waals surface area (Å²) in [6.45, 7) is 3.74. The molecule has 0 saturated carbocycles. The van der Waals surface area contributed by atoms with Crippen LogP contribution in [0.15, 0.2) is 59.8 Å². The van der Waals surface area contributed by atoms with Gasteiger partial charge in [0, 0.05) is 44.8 Å². The minimum Gasteiger partial charge on any atom is -0.352 e. The molecule has 0 atom stereocenters. The molecule has 2 amide bonds. The molecule has 0 radical (unpaired) electrons. The first-order chi connectivity index (χ1) is 15.6. The van der Waals surface area contributed by atoms with E-state index in [1.54, 1.807) is 32.6 Å². The molecule has 8 nitrogen and oxygen atoms in total. The van der Waals surface area contributed by atoms with Crippen LogP contribution in [-0.2, 0) is 37.3 Å². The lowest BCUT2D eigenvalue weighted by Gasteiger charge is -2.30. The summed E-state index contributed by atoms with van der Waals surface area (Å²) in [6.07, 6.45) is 6.36. The number of hydrogen-bond acceptors (Lipinski definition) is 4. The highest BCUT2D eigenvalue weighted by Crippen LogP contribution is 2.21. The molecular formula is C24H27N5O3. The standard InChI is InChI=1S/C24H27N5O3/c1-2-25-23(31)22-20-10-14-27(21(30)17-29-12-6-11-26-29)15-19(20)16-28(24(22)32)13-9-18-7-4-3-5-8-18/h3-8,11-12,16H,2,9-10,13-15,17H2,1H3,(H,25,31). The summed E-state index contributed by atoms with van der Waals surface area (Å²) in [5.41, 5.74) is 2.64. The van der Waals surface area contributed by atoms with E-state index >= 15 is 0 Å². The Hall–Kier alpha value is -3.68. The van der Waals surface area contributed by atoms with E-state index < -0.39 is 0 Å². The lowest BCUT2D eigenvalue weighted by Crippen LogP contribution is -2.42. The van der Waals surface area contributed by atoms with E-state index in [1.807, 2.05) is 43.5 Å². The zero-order valence-electron chi connectivity index (χ0n) is 18.2. The number of aryl methyl sites for hydroxylation is 2. The molecule has 0 fully saturated rings. The number of carbonyl (C=O) groups is 2. The quantitative estimate of drug-likeness (QED) is 0.613. The Bertz CT molecular complexity index is 1150. The van der Waals surface area contributed by atoms with E-state index in [-0.39, 0.29) is 29.5 Å². The third-order valence-corrected chi connectivity index (χ3v) is 5.73. The van der Waals surface area contributed by atoms with E-state index in [1.165, 1.54) is 0 Å². The predicted octanol–water partition coefficient (Wildman–Crippen LogP) is 1.62. The SMILES string of the molecule is CCNC(=O)c1c2c(cn(CCc3ccccc3)c1=O)CN(C(=O)Cn1cccn1)CC2. The van der Waals surface area contributed by atoms with Crippen LogP contribution in [0, 0.1) is 0 Å². The zero-order valence-corrected chi connectivity index (χ0v) is 18.2. The maximum Gasteiger partial charge on any atom is 0.263 e. The van der Waals surface area contributed by atoms with Crippen LogP contribution in [0.1, 0.15) is 34.0 Å². The first-order valence-corrected chi connectivity index (χ1v) is 10.9. The van der Waals surface area contributed by atoms with Crippen molar-refractivity contribution >= 4 is 11.8 Å². The minimum absolute atomic E-state index is 0.0408. The Morgan fingerprint density at radius 2 is 1.97 bits per heavy atom. The summed E-state index contributed by atoms with van der Waals surface area (Å²) in [7, 11) is 0. The number of amides is 2. The molecule has 32 heavy (non-hydrogen) atoms. The first kappa shape index (κ1) is 21.5. The fourth-order valence-electron chi connectivity index (χ4n) is 4.10. The van der Waals surface area contributed by atoms with Crippen LogP contribution in [0.3, 0.4) is 0 Å². The second-order valence-electron chi connectivity index (χ2n) is 7.87. The largest absolute Gasteiger partial charge is 0.352 e. The van der Waals surface area contributed by atoms with E-state index in [0.717, 1.165) is 16.7 Å². The van der Waals surface area contributed by atoms with Crippen molar-refractivity contribution in [2.75, 3.05) is 13.1 Å². The van der Waals surface area contributed by atoms with Crippen molar-refractivity contribution in [3.8, 4) is 0 Å². The van der Waals surface area contributed by atoms with Crippen molar-refractivity contribution in [2.45, 2.75) is 39.4 Å². The zero-order chi connectivity index (χ0) is 22.5. The minimum atomic E-state index is -0.348. The maximum atomic E-state index is 13.2. The molecule has 3 aromatic rings. The maximum absolute atomic E-state index is 13.2. The fraction of sp³-hybridized carbons (Fsp3) is 0.333. The van der Waals surface area contributed by atoms with Crippen LogP contribution < -0.4 is 10.9 Å². The monoisotopic (exact) mass is 433 g/mol. The highest BCUT2D eigenvalue weighted by molar-refractivity contribution is 5.95. The van der Waals surface area contributed by atoms with Gasteiger partial charge in [-0.15, -0.1) is 0 Å². The molecule has 1 aromatic carbocycles. The second kappa shape index (κ2) is 9.64. The highest BCUT2D eigenvalue weighted by Gasteiger charge is 2.28. The Balaban J connectivity index is 1.62. The molecule has 0 aliphatic carbocycles. The number of benzene rings is 1. The molecule has 1 aliphatic rings. The molecule has 1 aliphatic heterocycles. The van der Waals surface area contributed by atoms with Gasteiger partial charge in [-0.05, 0) is 42.5 Å². The van der Waals surface area contributed by atoms with Crippen molar-refractivity contribution in [3.05, 3.63) is 87.6 Å².